The predicted molar refractivity (Wildman–Crippen MR) is 140 cm³/mol. The number of benzene rings is 2. The monoisotopic (exact) mass is 466 g/mol. The summed E-state index contributed by atoms with van der Waals surface area (Å²) in [6, 6.07) is 16.8. The van der Waals surface area contributed by atoms with Gasteiger partial charge in [-0.3, -0.25) is 0 Å². The number of rotatable bonds is 8. The third-order valence-electron chi connectivity index (χ3n) is 6.66. The first-order valence-corrected chi connectivity index (χ1v) is 12.4. The number of fused-ring (bicyclic) bond motifs is 2. The van der Waals surface area contributed by atoms with Gasteiger partial charge in [0.15, 0.2) is 0 Å². The van der Waals surface area contributed by atoms with Gasteiger partial charge in [0, 0.05) is 11.1 Å². The topological polar surface area (TPSA) is 94.6 Å². The normalized spacial score (nSPS) is 16.3. The van der Waals surface area contributed by atoms with Crippen LogP contribution in [0.5, 0.6) is 0 Å². The molecule has 0 bridgehead atoms. The van der Waals surface area contributed by atoms with Gasteiger partial charge in [-0.2, -0.15) is 0 Å². The number of nitrogens with one attached hydrogen (secondary N) is 4. The third kappa shape index (κ3) is 4.52. The van der Waals surface area contributed by atoms with E-state index in [9.17, 15) is 0 Å². The number of hydrogen-bond donors (Lipinski definition) is 4. The lowest BCUT2D eigenvalue weighted by Gasteiger charge is -2.21. The van der Waals surface area contributed by atoms with Gasteiger partial charge in [0.1, 0.15) is 23.2 Å². The van der Waals surface area contributed by atoms with E-state index in [0.29, 0.717) is 12.6 Å². The number of nitrogens with zero attached hydrogens (tertiary/aromatic N) is 2. The van der Waals surface area contributed by atoms with Crippen LogP contribution in [0, 0.1) is 0 Å². The van der Waals surface area contributed by atoms with Crippen LogP contribution in [0.3, 0.4) is 0 Å². The smallest absolute Gasteiger partial charge is 0.134 e. The zero-order chi connectivity index (χ0) is 23.6. The highest BCUT2D eigenvalue weighted by Crippen LogP contribution is 2.32. The molecule has 1 saturated heterocycles. The molecule has 0 saturated carbocycles. The molecule has 0 radical (unpaired) electrons. The van der Waals surface area contributed by atoms with E-state index in [0.717, 1.165) is 82.3 Å². The SMILES string of the molecule is C=CCCNCc1nc2ccc(-c3ccc(-c4ccc5nc(C6CCCCN6)[nH]c5c4)o3)cc2[nH]1. The highest BCUT2D eigenvalue weighted by atomic mass is 16.3. The van der Waals surface area contributed by atoms with Crippen molar-refractivity contribution in [2.75, 3.05) is 13.1 Å². The molecular weight excluding hydrogens is 436 g/mol. The fourth-order valence-corrected chi connectivity index (χ4v) is 4.79. The molecule has 4 heterocycles. The van der Waals surface area contributed by atoms with Gasteiger partial charge in [-0.1, -0.05) is 12.5 Å². The molecule has 1 unspecified atom stereocenters. The largest absolute Gasteiger partial charge is 0.456 e. The summed E-state index contributed by atoms with van der Waals surface area (Å²) in [6.45, 7) is 6.41. The summed E-state index contributed by atoms with van der Waals surface area (Å²) in [4.78, 5) is 16.4. The average molecular weight is 467 g/mol. The van der Waals surface area contributed by atoms with E-state index in [1.165, 1.54) is 12.8 Å². The van der Waals surface area contributed by atoms with Crippen molar-refractivity contribution in [1.29, 1.82) is 0 Å². The third-order valence-corrected chi connectivity index (χ3v) is 6.66. The van der Waals surface area contributed by atoms with E-state index in [-0.39, 0.29) is 0 Å². The van der Waals surface area contributed by atoms with Crippen LogP contribution in [0.15, 0.2) is 65.6 Å². The van der Waals surface area contributed by atoms with Gasteiger partial charge in [-0.05, 0) is 80.9 Å². The highest BCUT2D eigenvalue weighted by Gasteiger charge is 2.18. The number of aromatic amines is 2. The Kier molecular flexibility index (Phi) is 5.94. The van der Waals surface area contributed by atoms with Gasteiger partial charge < -0.3 is 25.0 Å². The van der Waals surface area contributed by atoms with Crippen molar-refractivity contribution in [1.82, 2.24) is 30.6 Å². The summed E-state index contributed by atoms with van der Waals surface area (Å²) in [5, 5.41) is 6.94. The first-order chi connectivity index (χ1) is 17.3. The molecule has 2 aromatic carbocycles. The Hall–Kier alpha value is -3.68. The second kappa shape index (κ2) is 9.52. The van der Waals surface area contributed by atoms with Crippen LogP contribution in [-0.2, 0) is 6.54 Å². The molecule has 3 aromatic heterocycles. The fourth-order valence-electron chi connectivity index (χ4n) is 4.79. The molecule has 0 spiro atoms. The number of hydrogen-bond acceptors (Lipinski definition) is 5. The van der Waals surface area contributed by atoms with Crippen LogP contribution in [0.4, 0.5) is 0 Å². The Morgan fingerprint density at radius 2 is 1.69 bits per heavy atom. The van der Waals surface area contributed by atoms with Crippen LogP contribution in [0.1, 0.15) is 43.4 Å². The van der Waals surface area contributed by atoms with E-state index >= 15 is 0 Å². The molecule has 1 fully saturated rings. The van der Waals surface area contributed by atoms with Crippen molar-refractivity contribution in [3.63, 3.8) is 0 Å². The second-order valence-corrected chi connectivity index (χ2v) is 9.19. The lowest BCUT2D eigenvalue weighted by Crippen LogP contribution is -2.27. The van der Waals surface area contributed by atoms with Gasteiger partial charge in [0.2, 0.25) is 0 Å². The summed E-state index contributed by atoms with van der Waals surface area (Å²) in [5.41, 5.74) is 6.04. The molecule has 0 amide bonds. The van der Waals surface area contributed by atoms with E-state index < -0.39 is 0 Å². The lowest BCUT2D eigenvalue weighted by atomic mass is 10.0. The van der Waals surface area contributed by atoms with Gasteiger partial charge in [-0.25, -0.2) is 9.97 Å². The molecule has 4 N–H and O–H groups in total. The number of imidazole rings is 2. The Balaban J connectivity index is 1.22. The Morgan fingerprint density at radius 3 is 2.40 bits per heavy atom. The molecule has 6 rings (SSSR count). The van der Waals surface area contributed by atoms with E-state index in [4.69, 9.17) is 9.40 Å². The molecule has 1 aliphatic rings. The molecule has 7 heteroatoms. The van der Waals surface area contributed by atoms with Crippen molar-refractivity contribution in [3.05, 3.63) is 72.8 Å². The van der Waals surface area contributed by atoms with Gasteiger partial charge in [-0.15, -0.1) is 6.58 Å². The molecule has 1 aliphatic heterocycles. The number of aromatic nitrogens is 4. The molecule has 7 nitrogen and oxygen atoms in total. The van der Waals surface area contributed by atoms with Crippen LogP contribution in [0.25, 0.3) is 44.7 Å². The quantitative estimate of drug-likeness (QED) is 0.170. The minimum atomic E-state index is 0.315. The number of piperidine rings is 1. The first-order valence-electron chi connectivity index (χ1n) is 12.4. The minimum Gasteiger partial charge on any atom is -0.456 e. The van der Waals surface area contributed by atoms with Gasteiger partial charge in [0.05, 0.1) is 34.7 Å². The molecule has 5 aromatic rings. The Bertz CT molecular complexity index is 1470. The van der Waals surface area contributed by atoms with E-state index in [1.54, 1.807) is 0 Å². The van der Waals surface area contributed by atoms with Crippen LogP contribution in [0.2, 0.25) is 0 Å². The molecule has 1 atom stereocenters. The molecule has 35 heavy (non-hydrogen) atoms. The number of H-pyrrole nitrogens is 2. The highest BCUT2D eigenvalue weighted by molar-refractivity contribution is 5.83. The van der Waals surface area contributed by atoms with Crippen molar-refractivity contribution in [2.24, 2.45) is 0 Å². The zero-order valence-corrected chi connectivity index (χ0v) is 19.7. The average Bonchev–Trinajstić information content (AvgIpc) is 3.64. The fraction of sp³-hybridized carbons (Fsp3) is 0.286. The summed E-state index contributed by atoms with van der Waals surface area (Å²) >= 11 is 0. The first kappa shape index (κ1) is 21.8. The Labute approximate surface area is 204 Å². The van der Waals surface area contributed by atoms with Crippen molar-refractivity contribution >= 4 is 22.1 Å². The second-order valence-electron chi connectivity index (χ2n) is 9.19. The van der Waals surface area contributed by atoms with Crippen molar-refractivity contribution < 1.29 is 4.42 Å². The maximum absolute atomic E-state index is 6.27. The van der Waals surface area contributed by atoms with Gasteiger partial charge >= 0.3 is 0 Å². The summed E-state index contributed by atoms with van der Waals surface area (Å²) in [7, 11) is 0. The predicted octanol–water partition coefficient (Wildman–Crippen LogP) is 5.85. The maximum atomic E-state index is 6.27. The van der Waals surface area contributed by atoms with Crippen LogP contribution in [-0.4, -0.2) is 33.0 Å². The molecule has 178 valence electrons. The summed E-state index contributed by atoms with van der Waals surface area (Å²) in [5.74, 6) is 3.63. The minimum absolute atomic E-state index is 0.315. The van der Waals surface area contributed by atoms with E-state index in [1.807, 2.05) is 24.3 Å². The number of furan rings is 1. The standard InChI is InChI=1S/C28H30N6O/c1-2-3-13-29-17-27-31-20-9-7-18(15-23(20)32-27)25-11-12-26(35-25)19-8-10-21-24(16-19)34-28(33-21)22-6-4-5-14-30-22/h2,7-12,15-16,22,29-30H,1,3-6,13-14,17H2,(H,31,32)(H,33,34). The van der Waals surface area contributed by atoms with E-state index in [2.05, 4.69) is 62.5 Å². The zero-order valence-electron chi connectivity index (χ0n) is 19.7. The van der Waals surface area contributed by atoms with Crippen LogP contribution >= 0.6 is 0 Å². The molecular formula is C28H30N6O. The summed E-state index contributed by atoms with van der Waals surface area (Å²) < 4.78 is 6.27. The van der Waals surface area contributed by atoms with Crippen LogP contribution < -0.4 is 10.6 Å². The summed E-state index contributed by atoms with van der Waals surface area (Å²) in [6.07, 6.45) is 6.46. The van der Waals surface area contributed by atoms with Gasteiger partial charge in [0.25, 0.3) is 0 Å². The molecule has 0 aliphatic carbocycles. The van der Waals surface area contributed by atoms with Crippen molar-refractivity contribution in [2.45, 2.75) is 38.3 Å². The maximum Gasteiger partial charge on any atom is 0.134 e. The lowest BCUT2D eigenvalue weighted by molar-refractivity contribution is 0.400. The Morgan fingerprint density at radius 1 is 0.943 bits per heavy atom. The van der Waals surface area contributed by atoms with Crippen molar-refractivity contribution in [3.8, 4) is 22.6 Å².